The molecule has 2 heteroatoms. The topological polar surface area (TPSA) is 12.9 Å². The van der Waals surface area contributed by atoms with Gasteiger partial charge in [0.25, 0.3) is 0 Å². The van der Waals surface area contributed by atoms with Crippen LogP contribution in [0.4, 0.5) is 0 Å². The van der Waals surface area contributed by atoms with Crippen molar-refractivity contribution in [1.82, 2.24) is 4.98 Å². The molecular formula is C15H10IN. The second-order valence-electron chi connectivity index (χ2n) is 3.88. The van der Waals surface area contributed by atoms with E-state index in [1.165, 1.54) is 25.5 Å². The second kappa shape index (κ2) is 4.45. The van der Waals surface area contributed by atoms with E-state index in [1.807, 2.05) is 12.3 Å². The molecule has 0 aliphatic heterocycles. The van der Waals surface area contributed by atoms with Crippen LogP contribution >= 0.6 is 22.6 Å². The van der Waals surface area contributed by atoms with Crippen LogP contribution < -0.4 is 0 Å². The summed E-state index contributed by atoms with van der Waals surface area (Å²) >= 11 is 2.38. The molecule has 3 aromatic rings. The maximum atomic E-state index is 4.19. The molecule has 0 unspecified atom stereocenters. The normalized spacial score (nSPS) is 10.6. The lowest BCUT2D eigenvalue weighted by Gasteiger charge is -2.07. The van der Waals surface area contributed by atoms with Gasteiger partial charge < -0.3 is 0 Å². The van der Waals surface area contributed by atoms with Crippen molar-refractivity contribution in [1.29, 1.82) is 0 Å². The van der Waals surface area contributed by atoms with Crippen molar-refractivity contribution < 1.29 is 0 Å². The molecule has 0 aliphatic carbocycles. The Morgan fingerprint density at radius 2 is 1.65 bits per heavy atom. The van der Waals surface area contributed by atoms with E-state index in [2.05, 4.69) is 70.0 Å². The number of aromatic nitrogens is 1. The van der Waals surface area contributed by atoms with Crippen molar-refractivity contribution in [2.75, 3.05) is 0 Å². The van der Waals surface area contributed by atoms with Crippen LogP contribution in [0.2, 0.25) is 0 Å². The Morgan fingerprint density at radius 3 is 2.41 bits per heavy atom. The summed E-state index contributed by atoms with van der Waals surface area (Å²) in [6, 6.07) is 16.9. The quantitative estimate of drug-likeness (QED) is 0.598. The smallest absolute Gasteiger partial charge is 0.0346 e. The minimum Gasteiger partial charge on any atom is -0.264 e. The Bertz CT molecular complexity index is 662. The minimum absolute atomic E-state index is 1.17. The monoisotopic (exact) mass is 331 g/mol. The molecule has 1 aromatic heterocycles. The molecule has 0 radical (unpaired) electrons. The zero-order valence-corrected chi connectivity index (χ0v) is 11.3. The number of hydrogen-bond donors (Lipinski definition) is 0. The molecule has 2 aromatic carbocycles. The summed E-state index contributed by atoms with van der Waals surface area (Å²) in [5.74, 6) is 0. The Labute approximate surface area is 114 Å². The van der Waals surface area contributed by atoms with Gasteiger partial charge in [-0.25, -0.2) is 0 Å². The van der Waals surface area contributed by atoms with Gasteiger partial charge in [-0.1, -0.05) is 36.4 Å². The van der Waals surface area contributed by atoms with Crippen molar-refractivity contribution in [3.05, 3.63) is 64.5 Å². The van der Waals surface area contributed by atoms with Crippen LogP contribution in [-0.2, 0) is 0 Å². The van der Waals surface area contributed by atoms with Crippen LogP contribution in [0.5, 0.6) is 0 Å². The molecule has 0 atom stereocenters. The third-order valence-corrected chi connectivity index (χ3v) is 3.78. The number of hydrogen-bond acceptors (Lipinski definition) is 1. The molecule has 0 saturated carbocycles. The highest BCUT2D eigenvalue weighted by molar-refractivity contribution is 14.1. The highest BCUT2D eigenvalue weighted by Gasteiger charge is 2.05. The molecule has 17 heavy (non-hydrogen) atoms. The van der Waals surface area contributed by atoms with Gasteiger partial charge in [0.15, 0.2) is 0 Å². The van der Waals surface area contributed by atoms with Gasteiger partial charge in [0.05, 0.1) is 0 Å². The molecule has 0 aliphatic rings. The van der Waals surface area contributed by atoms with Crippen LogP contribution in [0.3, 0.4) is 0 Å². The largest absolute Gasteiger partial charge is 0.264 e. The van der Waals surface area contributed by atoms with E-state index in [1.54, 1.807) is 6.20 Å². The molecule has 3 rings (SSSR count). The van der Waals surface area contributed by atoms with Gasteiger partial charge in [-0.2, -0.15) is 0 Å². The second-order valence-corrected chi connectivity index (χ2v) is 5.04. The summed E-state index contributed by atoms with van der Waals surface area (Å²) in [7, 11) is 0. The summed E-state index contributed by atoms with van der Waals surface area (Å²) in [4.78, 5) is 4.19. The molecule has 0 N–H and O–H groups in total. The highest BCUT2D eigenvalue weighted by Crippen LogP contribution is 2.30. The van der Waals surface area contributed by atoms with Gasteiger partial charge in [-0.15, -0.1) is 0 Å². The molecule has 0 spiro atoms. The molecule has 0 bridgehead atoms. The molecular weight excluding hydrogens is 321 g/mol. The fourth-order valence-electron chi connectivity index (χ4n) is 2.04. The van der Waals surface area contributed by atoms with E-state index in [4.69, 9.17) is 0 Å². The zero-order chi connectivity index (χ0) is 11.7. The number of fused-ring (bicyclic) bond motifs is 1. The maximum Gasteiger partial charge on any atom is 0.0346 e. The van der Waals surface area contributed by atoms with E-state index in [-0.39, 0.29) is 0 Å². The molecule has 0 fully saturated rings. The Kier molecular flexibility index (Phi) is 2.81. The Balaban J connectivity index is 2.35. The van der Waals surface area contributed by atoms with Gasteiger partial charge >= 0.3 is 0 Å². The van der Waals surface area contributed by atoms with E-state index in [0.717, 1.165) is 0 Å². The maximum absolute atomic E-state index is 4.19. The average molecular weight is 331 g/mol. The predicted octanol–water partition coefficient (Wildman–Crippen LogP) is 4.51. The Hall–Kier alpha value is -1.42. The van der Waals surface area contributed by atoms with Gasteiger partial charge in [0, 0.05) is 21.5 Å². The lowest BCUT2D eigenvalue weighted by Crippen LogP contribution is -1.84. The first-order valence-corrected chi connectivity index (χ1v) is 6.52. The predicted molar refractivity (Wildman–Crippen MR) is 79.9 cm³/mol. The van der Waals surface area contributed by atoms with Crippen LogP contribution in [0.15, 0.2) is 60.9 Å². The van der Waals surface area contributed by atoms with Crippen LogP contribution in [0.25, 0.3) is 21.9 Å². The highest BCUT2D eigenvalue weighted by atomic mass is 127. The fourth-order valence-corrected chi connectivity index (χ4v) is 2.69. The molecule has 0 saturated heterocycles. The van der Waals surface area contributed by atoms with Gasteiger partial charge in [0.2, 0.25) is 0 Å². The zero-order valence-electron chi connectivity index (χ0n) is 9.10. The average Bonchev–Trinajstić information content (AvgIpc) is 2.41. The van der Waals surface area contributed by atoms with Gasteiger partial charge in [-0.05, 0) is 51.1 Å². The van der Waals surface area contributed by atoms with Crippen LogP contribution in [-0.4, -0.2) is 4.98 Å². The number of rotatable bonds is 1. The number of nitrogens with zero attached hydrogens (tertiary/aromatic N) is 1. The SMILES string of the molecule is Ic1ccc(-c2cccnc2)c2ccccc12. The van der Waals surface area contributed by atoms with Crippen molar-refractivity contribution in [2.45, 2.75) is 0 Å². The first-order valence-electron chi connectivity index (χ1n) is 5.44. The summed E-state index contributed by atoms with van der Waals surface area (Å²) in [5, 5.41) is 2.59. The molecule has 1 nitrogen and oxygen atoms in total. The van der Waals surface area contributed by atoms with Crippen LogP contribution in [0, 0.1) is 3.57 Å². The summed E-state index contributed by atoms with van der Waals surface area (Å²) < 4.78 is 1.28. The van der Waals surface area contributed by atoms with E-state index in [0.29, 0.717) is 0 Å². The number of halogens is 1. The molecule has 1 heterocycles. The van der Waals surface area contributed by atoms with E-state index in [9.17, 15) is 0 Å². The summed E-state index contributed by atoms with van der Waals surface area (Å²) in [6.07, 6.45) is 3.72. The third kappa shape index (κ3) is 1.93. The van der Waals surface area contributed by atoms with Crippen molar-refractivity contribution in [3.8, 4) is 11.1 Å². The summed E-state index contributed by atoms with van der Waals surface area (Å²) in [5.41, 5.74) is 2.41. The van der Waals surface area contributed by atoms with Crippen molar-refractivity contribution >= 4 is 33.4 Å². The number of pyridine rings is 1. The standard InChI is InChI=1S/C15H10IN/c16-15-8-7-12(11-4-3-9-17-10-11)13-5-1-2-6-14(13)15/h1-10H. The van der Waals surface area contributed by atoms with Crippen LogP contribution in [0.1, 0.15) is 0 Å². The first kappa shape index (κ1) is 10.7. The summed E-state index contributed by atoms with van der Waals surface area (Å²) in [6.45, 7) is 0. The minimum atomic E-state index is 1.17. The van der Waals surface area contributed by atoms with E-state index >= 15 is 0 Å². The molecule has 82 valence electrons. The van der Waals surface area contributed by atoms with E-state index < -0.39 is 0 Å². The lowest BCUT2D eigenvalue weighted by molar-refractivity contribution is 1.33. The Morgan fingerprint density at radius 1 is 0.824 bits per heavy atom. The third-order valence-electron chi connectivity index (χ3n) is 2.84. The van der Waals surface area contributed by atoms with Crippen molar-refractivity contribution in [2.24, 2.45) is 0 Å². The lowest BCUT2D eigenvalue weighted by atomic mass is 10.00. The first-order chi connectivity index (χ1) is 8.36. The van der Waals surface area contributed by atoms with Crippen molar-refractivity contribution in [3.63, 3.8) is 0 Å². The molecule has 0 amide bonds. The number of benzene rings is 2. The fraction of sp³-hybridized carbons (Fsp3) is 0. The van der Waals surface area contributed by atoms with Gasteiger partial charge in [-0.3, -0.25) is 4.98 Å². The van der Waals surface area contributed by atoms with Gasteiger partial charge in [0.1, 0.15) is 0 Å².